The summed E-state index contributed by atoms with van der Waals surface area (Å²) in [5.74, 6) is 1.34. The Labute approximate surface area is 153 Å². The number of hydrogen-bond donors (Lipinski definition) is 2. The lowest BCUT2D eigenvalue weighted by Gasteiger charge is -2.31. The van der Waals surface area contributed by atoms with E-state index in [9.17, 15) is 4.79 Å². The molecule has 8 nitrogen and oxygen atoms in total. The predicted octanol–water partition coefficient (Wildman–Crippen LogP) is 2.52. The van der Waals surface area contributed by atoms with Crippen LogP contribution in [0, 0.1) is 0 Å². The number of pyridine rings is 1. The van der Waals surface area contributed by atoms with Gasteiger partial charge in [0.1, 0.15) is 5.82 Å². The molecule has 2 aromatic rings. The van der Waals surface area contributed by atoms with Gasteiger partial charge >= 0.3 is 6.09 Å². The largest absolute Gasteiger partial charge is 0.450 e. The van der Waals surface area contributed by atoms with E-state index in [-0.39, 0.29) is 12.1 Å². The summed E-state index contributed by atoms with van der Waals surface area (Å²) in [7, 11) is 0. The van der Waals surface area contributed by atoms with Crippen LogP contribution < -0.4 is 10.6 Å². The van der Waals surface area contributed by atoms with E-state index in [1.54, 1.807) is 17.3 Å². The number of amides is 1. The van der Waals surface area contributed by atoms with E-state index in [4.69, 9.17) is 4.74 Å². The average molecular weight is 356 g/mol. The molecule has 0 spiro atoms. The van der Waals surface area contributed by atoms with Crippen LogP contribution >= 0.6 is 0 Å². The number of nitrogens with zero attached hydrogens (tertiary/aromatic N) is 4. The first kappa shape index (κ1) is 17.9. The molecule has 1 saturated heterocycles. The van der Waals surface area contributed by atoms with Crippen molar-refractivity contribution in [2.75, 3.05) is 30.3 Å². The Morgan fingerprint density at radius 3 is 2.81 bits per heavy atom. The second kappa shape index (κ2) is 8.98. The highest BCUT2D eigenvalue weighted by atomic mass is 16.6. The van der Waals surface area contributed by atoms with Gasteiger partial charge < -0.3 is 20.3 Å². The summed E-state index contributed by atoms with van der Waals surface area (Å²) in [5, 5.41) is 6.61. The molecule has 3 rings (SSSR count). The highest BCUT2D eigenvalue weighted by Gasteiger charge is 2.23. The molecule has 8 heteroatoms. The molecule has 2 N–H and O–H groups in total. The molecular weight excluding hydrogens is 332 g/mol. The molecule has 0 radical (unpaired) electrons. The lowest BCUT2D eigenvalue weighted by atomic mass is 10.1. The molecule has 1 aliphatic heterocycles. The van der Waals surface area contributed by atoms with Crippen LogP contribution in [0.15, 0.2) is 36.7 Å². The fourth-order valence-electron chi connectivity index (χ4n) is 2.83. The van der Waals surface area contributed by atoms with Gasteiger partial charge in [0.05, 0.1) is 18.8 Å². The van der Waals surface area contributed by atoms with Crippen LogP contribution in [0.3, 0.4) is 0 Å². The van der Waals surface area contributed by atoms with E-state index >= 15 is 0 Å². The third kappa shape index (κ3) is 5.05. The van der Waals surface area contributed by atoms with Crippen molar-refractivity contribution in [3.8, 4) is 0 Å². The van der Waals surface area contributed by atoms with Crippen LogP contribution in [0.25, 0.3) is 0 Å². The van der Waals surface area contributed by atoms with Gasteiger partial charge in [-0.15, -0.1) is 0 Å². The molecule has 0 atom stereocenters. The number of aromatic nitrogens is 3. The molecule has 3 heterocycles. The molecular formula is C18H24N6O2. The smallest absolute Gasteiger partial charge is 0.409 e. The summed E-state index contributed by atoms with van der Waals surface area (Å²) in [6.07, 6.45) is 4.98. The van der Waals surface area contributed by atoms with E-state index in [1.807, 2.05) is 31.2 Å². The van der Waals surface area contributed by atoms with E-state index in [1.165, 1.54) is 0 Å². The number of rotatable bonds is 6. The Hall–Kier alpha value is -2.90. The Morgan fingerprint density at radius 2 is 2.08 bits per heavy atom. The molecule has 2 aromatic heterocycles. The zero-order chi connectivity index (χ0) is 18.2. The van der Waals surface area contributed by atoms with Crippen LogP contribution in [-0.2, 0) is 11.3 Å². The third-order valence-electron chi connectivity index (χ3n) is 4.18. The minimum absolute atomic E-state index is 0.228. The van der Waals surface area contributed by atoms with E-state index in [2.05, 4.69) is 25.6 Å². The van der Waals surface area contributed by atoms with Crippen molar-refractivity contribution in [1.29, 1.82) is 0 Å². The van der Waals surface area contributed by atoms with Gasteiger partial charge in [-0.2, -0.15) is 4.98 Å². The van der Waals surface area contributed by atoms with Crippen molar-refractivity contribution in [3.63, 3.8) is 0 Å². The zero-order valence-electron chi connectivity index (χ0n) is 14.9. The van der Waals surface area contributed by atoms with Gasteiger partial charge in [-0.05, 0) is 38.0 Å². The SMILES string of the molecule is CCOC(=O)N1CCC(Nc2ccnc(NCc3ccccn3)n2)CC1. The maximum Gasteiger partial charge on any atom is 0.409 e. The van der Waals surface area contributed by atoms with Crippen LogP contribution in [0.1, 0.15) is 25.5 Å². The van der Waals surface area contributed by atoms with Crippen LogP contribution in [0.5, 0.6) is 0 Å². The quantitative estimate of drug-likeness (QED) is 0.821. The predicted molar refractivity (Wildman–Crippen MR) is 98.8 cm³/mol. The Bertz CT molecular complexity index is 704. The van der Waals surface area contributed by atoms with Crippen molar-refractivity contribution in [3.05, 3.63) is 42.4 Å². The molecule has 1 fully saturated rings. The second-order valence-corrected chi connectivity index (χ2v) is 6.04. The average Bonchev–Trinajstić information content (AvgIpc) is 2.68. The minimum atomic E-state index is -0.228. The van der Waals surface area contributed by atoms with Gasteiger partial charge in [-0.25, -0.2) is 9.78 Å². The molecule has 0 aliphatic carbocycles. The number of likely N-dealkylation sites (tertiary alicyclic amines) is 1. The van der Waals surface area contributed by atoms with Gasteiger partial charge in [-0.3, -0.25) is 4.98 Å². The summed E-state index contributed by atoms with van der Waals surface area (Å²) >= 11 is 0. The van der Waals surface area contributed by atoms with Crippen LogP contribution in [-0.4, -0.2) is 51.7 Å². The van der Waals surface area contributed by atoms with Gasteiger partial charge in [0.15, 0.2) is 0 Å². The first-order valence-electron chi connectivity index (χ1n) is 8.89. The summed E-state index contributed by atoms with van der Waals surface area (Å²) < 4.78 is 5.05. The Balaban J connectivity index is 1.49. The maximum absolute atomic E-state index is 11.7. The number of nitrogens with one attached hydrogen (secondary N) is 2. The summed E-state index contributed by atoms with van der Waals surface area (Å²) in [4.78, 5) is 26.5. The number of piperidine rings is 1. The minimum Gasteiger partial charge on any atom is -0.450 e. The number of anilines is 2. The summed E-state index contributed by atoms with van der Waals surface area (Å²) in [6.45, 7) is 4.17. The van der Waals surface area contributed by atoms with Crippen molar-refractivity contribution in [1.82, 2.24) is 19.9 Å². The molecule has 0 saturated carbocycles. The van der Waals surface area contributed by atoms with Gasteiger partial charge in [0.2, 0.25) is 5.95 Å². The lowest BCUT2D eigenvalue weighted by Crippen LogP contribution is -2.42. The molecule has 138 valence electrons. The summed E-state index contributed by atoms with van der Waals surface area (Å²) in [6, 6.07) is 7.92. The normalized spacial score (nSPS) is 14.7. The fourth-order valence-corrected chi connectivity index (χ4v) is 2.83. The van der Waals surface area contributed by atoms with Gasteiger partial charge in [0.25, 0.3) is 0 Å². The lowest BCUT2D eigenvalue weighted by molar-refractivity contribution is 0.0983. The van der Waals surface area contributed by atoms with Gasteiger partial charge in [-0.1, -0.05) is 6.07 Å². The highest BCUT2D eigenvalue weighted by molar-refractivity contribution is 5.67. The third-order valence-corrected chi connectivity index (χ3v) is 4.18. The van der Waals surface area contributed by atoms with E-state index in [0.717, 1.165) is 24.4 Å². The molecule has 0 aromatic carbocycles. The monoisotopic (exact) mass is 356 g/mol. The van der Waals surface area contributed by atoms with Crippen molar-refractivity contribution in [2.24, 2.45) is 0 Å². The number of ether oxygens (including phenoxy) is 1. The second-order valence-electron chi connectivity index (χ2n) is 6.04. The number of hydrogen-bond acceptors (Lipinski definition) is 7. The highest BCUT2D eigenvalue weighted by Crippen LogP contribution is 2.16. The topological polar surface area (TPSA) is 92.3 Å². The first-order chi connectivity index (χ1) is 12.7. The molecule has 26 heavy (non-hydrogen) atoms. The molecule has 1 amide bonds. The summed E-state index contributed by atoms with van der Waals surface area (Å²) in [5.41, 5.74) is 0.931. The number of carbonyl (C=O) groups is 1. The van der Waals surface area contributed by atoms with Crippen LogP contribution in [0.4, 0.5) is 16.6 Å². The number of carbonyl (C=O) groups excluding carboxylic acids is 1. The van der Waals surface area contributed by atoms with Crippen LogP contribution in [0.2, 0.25) is 0 Å². The van der Waals surface area contributed by atoms with Crippen molar-refractivity contribution in [2.45, 2.75) is 32.4 Å². The van der Waals surface area contributed by atoms with E-state index < -0.39 is 0 Å². The zero-order valence-corrected chi connectivity index (χ0v) is 14.9. The Morgan fingerprint density at radius 1 is 1.23 bits per heavy atom. The van der Waals surface area contributed by atoms with Crippen molar-refractivity contribution >= 4 is 17.9 Å². The Kier molecular flexibility index (Phi) is 6.19. The van der Waals surface area contributed by atoms with E-state index in [0.29, 0.717) is 32.2 Å². The van der Waals surface area contributed by atoms with Crippen molar-refractivity contribution < 1.29 is 9.53 Å². The molecule has 0 bridgehead atoms. The standard InChI is InChI=1S/C18H24N6O2/c1-2-26-18(25)24-11-7-14(8-12-24)22-16-6-10-20-17(23-16)21-13-15-5-3-4-9-19-15/h3-6,9-10,14H,2,7-8,11-13H2,1H3,(H2,20,21,22,23). The maximum atomic E-state index is 11.7. The fraction of sp³-hybridized carbons (Fsp3) is 0.444. The first-order valence-corrected chi connectivity index (χ1v) is 8.89. The molecule has 1 aliphatic rings. The van der Waals surface area contributed by atoms with Gasteiger partial charge in [0, 0.05) is 31.5 Å². The molecule has 0 unspecified atom stereocenters.